The minimum atomic E-state index is -0.850. The SMILES string of the molecule is CC(C#N)CN(C)C(=O)N1CCC(C(=O)O)(C(C)C)C1. The Balaban J connectivity index is 2.74. The van der Waals surface area contributed by atoms with Crippen LogP contribution in [0, 0.1) is 28.6 Å². The van der Waals surface area contributed by atoms with Crippen LogP contribution < -0.4 is 0 Å². The Morgan fingerprint density at radius 3 is 2.45 bits per heavy atom. The fraction of sp³-hybridized carbons (Fsp3) is 0.786. The summed E-state index contributed by atoms with van der Waals surface area (Å²) in [6, 6.07) is 1.89. The van der Waals surface area contributed by atoms with Crippen molar-refractivity contribution in [2.75, 3.05) is 26.7 Å². The van der Waals surface area contributed by atoms with Gasteiger partial charge in [0.05, 0.1) is 17.4 Å². The number of carboxylic acid groups (broad SMARTS) is 1. The van der Waals surface area contributed by atoms with E-state index in [9.17, 15) is 14.7 Å². The highest BCUT2D eigenvalue weighted by Gasteiger charge is 2.48. The van der Waals surface area contributed by atoms with Crippen molar-refractivity contribution < 1.29 is 14.7 Å². The first-order valence-corrected chi connectivity index (χ1v) is 6.87. The number of carbonyl (C=O) groups is 2. The Morgan fingerprint density at radius 2 is 2.05 bits per heavy atom. The Kier molecular flexibility index (Phi) is 4.98. The average Bonchev–Trinajstić information content (AvgIpc) is 2.83. The predicted molar refractivity (Wildman–Crippen MR) is 73.9 cm³/mol. The van der Waals surface area contributed by atoms with Gasteiger partial charge < -0.3 is 14.9 Å². The molecule has 112 valence electrons. The molecule has 1 saturated heterocycles. The van der Waals surface area contributed by atoms with E-state index < -0.39 is 11.4 Å². The van der Waals surface area contributed by atoms with Crippen LogP contribution in [0.25, 0.3) is 0 Å². The fourth-order valence-electron chi connectivity index (χ4n) is 2.66. The van der Waals surface area contributed by atoms with Crippen LogP contribution in [0.2, 0.25) is 0 Å². The third-order valence-electron chi connectivity index (χ3n) is 4.20. The first kappa shape index (κ1) is 16.3. The van der Waals surface area contributed by atoms with Gasteiger partial charge in [-0.1, -0.05) is 13.8 Å². The van der Waals surface area contributed by atoms with Crippen LogP contribution in [0.4, 0.5) is 4.79 Å². The van der Waals surface area contributed by atoms with Crippen molar-refractivity contribution in [3.8, 4) is 6.07 Å². The fourth-order valence-corrected chi connectivity index (χ4v) is 2.66. The Hall–Kier alpha value is -1.77. The Labute approximate surface area is 120 Å². The third-order valence-corrected chi connectivity index (χ3v) is 4.20. The lowest BCUT2D eigenvalue weighted by molar-refractivity contribution is -0.150. The number of urea groups is 1. The molecule has 1 aliphatic rings. The summed E-state index contributed by atoms with van der Waals surface area (Å²) in [5.74, 6) is -1.10. The second-order valence-electron chi connectivity index (χ2n) is 5.98. The van der Waals surface area contributed by atoms with Crippen LogP contribution in [0.15, 0.2) is 0 Å². The molecule has 0 aliphatic carbocycles. The number of amides is 2. The maximum absolute atomic E-state index is 12.3. The maximum atomic E-state index is 12.3. The van der Waals surface area contributed by atoms with Gasteiger partial charge in [0, 0.05) is 26.7 Å². The Morgan fingerprint density at radius 1 is 1.45 bits per heavy atom. The quantitative estimate of drug-likeness (QED) is 0.848. The first-order chi connectivity index (χ1) is 9.24. The summed E-state index contributed by atoms with van der Waals surface area (Å²) in [6.45, 7) is 6.56. The number of rotatable bonds is 4. The molecule has 1 heterocycles. The first-order valence-electron chi connectivity index (χ1n) is 6.87. The van der Waals surface area contributed by atoms with Crippen LogP contribution in [0.5, 0.6) is 0 Å². The highest BCUT2D eigenvalue weighted by molar-refractivity contribution is 5.80. The molecule has 1 fully saturated rings. The highest BCUT2D eigenvalue weighted by atomic mass is 16.4. The summed E-state index contributed by atoms with van der Waals surface area (Å²) in [5, 5.41) is 18.2. The van der Waals surface area contributed by atoms with E-state index in [1.165, 1.54) is 4.90 Å². The van der Waals surface area contributed by atoms with Gasteiger partial charge in [0.1, 0.15) is 0 Å². The van der Waals surface area contributed by atoms with Gasteiger partial charge in [0.15, 0.2) is 0 Å². The van der Waals surface area contributed by atoms with Gasteiger partial charge in [-0.25, -0.2) is 4.79 Å². The van der Waals surface area contributed by atoms with E-state index in [0.717, 1.165) is 0 Å². The molecule has 2 atom stereocenters. The molecule has 1 N–H and O–H groups in total. The van der Waals surface area contributed by atoms with E-state index in [1.54, 1.807) is 18.9 Å². The minimum absolute atomic E-state index is 0.0267. The molecule has 1 aliphatic heterocycles. The summed E-state index contributed by atoms with van der Waals surface area (Å²) < 4.78 is 0. The molecule has 0 spiro atoms. The zero-order chi connectivity index (χ0) is 15.5. The molecule has 0 bridgehead atoms. The normalized spacial score (nSPS) is 23.5. The molecule has 0 radical (unpaired) electrons. The van der Waals surface area contributed by atoms with Crippen molar-refractivity contribution in [2.45, 2.75) is 27.2 Å². The Bertz CT molecular complexity index is 430. The lowest BCUT2D eigenvalue weighted by Crippen LogP contribution is -2.45. The van der Waals surface area contributed by atoms with Gasteiger partial charge in [0.25, 0.3) is 0 Å². The second-order valence-corrected chi connectivity index (χ2v) is 5.98. The van der Waals surface area contributed by atoms with Crippen molar-refractivity contribution in [1.29, 1.82) is 5.26 Å². The van der Waals surface area contributed by atoms with E-state index in [4.69, 9.17) is 5.26 Å². The largest absolute Gasteiger partial charge is 0.481 e. The molecule has 2 amide bonds. The standard InChI is InChI=1S/C14H23N3O3/c1-10(2)14(12(18)19)5-6-17(9-14)13(20)16(4)8-11(3)7-15/h10-11H,5-6,8-9H2,1-4H3,(H,18,19). The number of aliphatic carboxylic acids is 1. The van der Waals surface area contributed by atoms with Gasteiger partial charge in [0.2, 0.25) is 0 Å². The van der Waals surface area contributed by atoms with Crippen molar-refractivity contribution >= 4 is 12.0 Å². The topological polar surface area (TPSA) is 84.6 Å². The molecule has 6 heteroatoms. The average molecular weight is 281 g/mol. The molecule has 1 rings (SSSR count). The van der Waals surface area contributed by atoms with E-state index >= 15 is 0 Å². The monoisotopic (exact) mass is 281 g/mol. The van der Waals surface area contributed by atoms with Gasteiger partial charge in [-0.05, 0) is 19.3 Å². The number of nitriles is 1. The molecule has 6 nitrogen and oxygen atoms in total. The molecule has 0 saturated carbocycles. The summed E-state index contributed by atoms with van der Waals surface area (Å²) >= 11 is 0. The zero-order valence-electron chi connectivity index (χ0n) is 12.6. The predicted octanol–water partition coefficient (Wildman–Crippen LogP) is 1.63. The third kappa shape index (κ3) is 3.03. The van der Waals surface area contributed by atoms with Crippen LogP contribution in [-0.4, -0.2) is 53.6 Å². The van der Waals surface area contributed by atoms with Crippen LogP contribution in [-0.2, 0) is 4.79 Å². The highest BCUT2D eigenvalue weighted by Crippen LogP contribution is 2.38. The number of nitrogens with zero attached hydrogens (tertiary/aromatic N) is 3. The molecule has 20 heavy (non-hydrogen) atoms. The minimum Gasteiger partial charge on any atom is -0.481 e. The van der Waals surface area contributed by atoms with Crippen LogP contribution >= 0.6 is 0 Å². The molecular formula is C14H23N3O3. The van der Waals surface area contributed by atoms with E-state index in [1.807, 2.05) is 13.8 Å². The summed E-state index contributed by atoms with van der Waals surface area (Å²) in [7, 11) is 1.65. The zero-order valence-corrected chi connectivity index (χ0v) is 12.6. The number of likely N-dealkylation sites (tertiary alicyclic amines) is 1. The van der Waals surface area contributed by atoms with Crippen molar-refractivity contribution in [3.05, 3.63) is 0 Å². The molecule has 0 aromatic rings. The lowest BCUT2D eigenvalue weighted by atomic mass is 9.76. The molecule has 0 aromatic heterocycles. The smallest absolute Gasteiger partial charge is 0.319 e. The summed E-state index contributed by atoms with van der Waals surface area (Å²) in [4.78, 5) is 26.9. The van der Waals surface area contributed by atoms with Gasteiger partial charge in [-0.3, -0.25) is 4.79 Å². The number of carbonyl (C=O) groups excluding carboxylic acids is 1. The van der Waals surface area contributed by atoms with Crippen molar-refractivity contribution in [3.63, 3.8) is 0 Å². The van der Waals surface area contributed by atoms with Gasteiger partial charge >= 0.3 is 12.0 Å². The molecule has 2 unspecified atom stereocenters. The number of hydrogen-bond acceptors (Lipinski definition) is 3. The number of carboxylic acids is 1. The number of hydrogen-bond donors (Lipinski definition) is 1. The van der Waals surface area contributed by atoms with Gasteiger partial charge in [-0.15, -0.1) is 0 Å². The lowest BCUT2D eigenvalue weighted by Gasteiger charge is -2.30. The molecule has 0 aromatic carbocycles. The van der Waals surface area contributed by atoms with Crippen LogP contribution in [0.3, 0.4) is 0 Å². The second kappa shape index (κ2) is 6.12. The van der Waals surface area contributed by atoms with Crippen molar-refractivity contribution in [1.82, 2.24) is 9.80 Å². The van der Waals surface area contributed by atoms with Gasteiger partial charge in [-0.2, -0.15) is 5.26 Å². The van der Waals surface area contributed by atoms with E-state index in [0.29, 0.717) is 19.5 Å². The summed E-state index contributed by atoms with van der Waals surface area (Å²) in [6.07, 6.45) is 0.480. The van der Waals surface area contributed by atoms with Crippen molar-refractivity contribution in [2.24, 2.45) is 17.3 Å². The van der Waals surface area contributed by atoms with Crippen LogP contribution in [0.1, 0.15) is 27.2 Å². The summed E-state index contributed by atoms with van der Waals surface area (Å²) in [5.41, 5.74) is -0.850. The van der Waals surface area contributed by atoms with E-state index in [2.05, 4.69) is 6.07 Å². The van der Waals surface area contributed by atoms with E-state index in [-0.39, 0.29) is 24.4 Å². The maximum Gasteiger partial charge on any atom is 0.319 e. The molecular weight excluding hydrogens is 258 g/mol.